The van der Waals surface area contributed by atoms with E-state index in [2.05, 4.69) is 11.4 Å². The minimum Gasteiger partial charge on any atom is -0.362 e. The van der Waals surface area contributed by atoms with Crippen molar-refractivity contribution in [1.29, 1.82) is 0 Å². The summed E-state index contributed by atoms with van der Waals surface area (Å²) in [6.07, 6.45) is 7.30. The van der Waals surface area contributed by atoms with Crippen molar-refractivity contribution in [3.05, 3.63) is 57.4 Å². The van der Waals surface area contributed by atoms with Crippen molar-refractivity contribution in [2.75, 3.05) is 0 Å². The zero-order chi connectivity index (χ0) is 15.1. The number of hydrogen-bond acceptors (Lipinski definition) is 2. The highest BCUT2D eigenvalue weighted by molar-refractivity contribution is 6.30. The maximum atomic E-state index is 12.6. The van der Waals surface area contributed by atoms with E-state index in [1.807, 2.05) is 18.2 Å². The van der Waals surface area contributed by atoms with Gasteiger partial charge in [0, 0.05) is 34.3 Å². The molecule has 2 aliphatic carbocycles. The first-order valence-electron chi connectivity index (χ1n) is 8.24. The van der Waals surface area contributed by atoms with E-state index >= 15 is 0 Å². The van der Waals surface area contributed by atoms with E-state index in [0.29, 0.717) is 12.2 Å². The summed E-state index contributed by atoms with van der Waals surface area (Å²) in [6, 6.07) is 8.05. The highest BCUT2D eigenvalue weighted by Gasteiger charge is 2.36. The third kappa shape index (κ3) is 2.30. The molecule has 3 aliphatic rings. The monoisotopic (exact) mass is 313 g/mol. The molecule has 1 atom stereocenters. The molecule has 2 nitrogen and oxygen atoms in total. The van der Waals surface area contributed by atoms with Gasteiger partial charge in [-0.3, -0.25) is 4.79 Å². The number of halogens is 1. The smallest absolute Gasteiger partial charge is 0.161 e. The number of benzene rings is 1. The highest BCUT2D eigenvalue weighted by atomic mass is 35.5. The van der Waals surface area contributed by atoms with Gasteiger partial charge in [-0.15, -0.1) is 0 Å². The highest BCUT2D eigenvalue weighted by Crippen LogP contribution is 2.46. The maximum Gasteiger partial charge on any atom is 0.161 e. The largest absolute Gasteiger partial charge is 0.362 e. The van der Waals surface area contributed by atoms with Crippen molar-refractivity contribution in [1.82, 2.24) is 5.32 Å². The molecule has 0 saturated heterocycles. The molecule has 0 fully saturated rings. The summed E-state index contributed by atoms with van der Waals surface area (Å²) in [5, 5.41) is 4.36. The fraction of sp³-hybridized carbons (Fsp3) is 0.421. The summed E-state index contributed by atoms with van der Waals surface area (Å²) in [6.45, 7) is 0. The molecule has 114 valence electrons. The Morgan fingerprint density at radius 3 is 2.68 bits per heavy atom. The first-order chi connectivity index (χ1) is 10.7. The molecule has 0 spiro atoms. The number of ketones is 1. The van der Waals surface area contributed by atoms with E-state index in [-0.39, 0.29) is 5.92 Å². The minimum atomic E-state index is 0.123. The van der Waals surface area contributed by atoms with Gasteiger partial charge in [-0.2, -0.15) is 0 Å². The second-order valence-electron chi connectivity index (χ2n) is 6.49. The van der Waals surface area contributed by atoms with Crippen LogP contribution in [0.2, 0.25) is 5.02 Å². The first-order valence-corrected chi connectivity index (χ1v) is 8.62. The first kappa shape index (κ1) is 14.1. The third-order valence-corrected chi connectivity index (χ3v) is 5.32. The molecule has 0 bridgehead atoms. The van der Waals surface area contributed by atoms with Crippen molar-refractivity contribution in [2.45, 2.75) is 50.9 Å². The predicted molar refractivity (Wildman–Crippen MR) is 88.7 cm³/mol. The predicted octanol–water partition coefficient (Wildman–Crippen LogP) is 4.86. The average Bonchev–Trinajstić information content (AvgIpc) is 2.53. The lowest BCUT2D eigenvalue weighted by atomic mass is 9.72. The number of allylic oxidation sites excluding steroid dienone is 4. The van der Waals surface area contributed by atoms with Gasteiger partial charge >= 0.3 is 0 Å². The van der Waals surface area contributed by atoms with E-state index in [9.17, 15) is 4.79 Å². The molecule has 3 heteroatoms. The third-order valence-electron chi connectivity index (χ3n) is 5.09. The molecule has 1 N–H and O–H groups in total. The summed E-state index contributed by atoms with van der Waals surface area (Å²) in [7, 11) is 0. The summed E-state index contributed by atoms with van der Waals surface area (Å²) >= 11 is 6.22. The van der Waals surface area contributed by atoms with Crippen molar-refractivity contribution in [2.24, 2.45) is 0 Å². The van der Waals surface area contributed by atoms with Crippen LogP contribution in [0.5, 0.6) is 0 Å². The number of carbonyl (C=O) groups excluding carboxylic acids is 1. The standard InChI is InChI=1S/C19H20ClNO/c20-13-6-3-5-12(11-13)18-14-7-1-2-8-15(14)21-16-9-4-10-17(22)19(16)18/h3,5-6,11,18,21H,1-2,4,7-10H2. The van der Waals surface area contributed by atoms with E-state index < -0.39 is 0 Å². The lowest BCUT2D eigenvalue weighted by Crippen LogP contribution is -2.33. The average molecular weight is 314 g/mol. The van der Waals surface area contributed by atoms with Gasteiger partial charge in [0.05, 0.1) is 0 Å². The van der Waals surface area contributed by atoms with Crippen LogP contribution in [0.3, 0.4) is 0 Å². The van der Waals surface area contributed by atoms with Crippen LogP contribution in [0.15, 0.2) is 46.8 Å². The zero-order valence-electron chi connectivity index (χ0n) is 12.6. The van der Waals surface area contributed by atoms with Crippen LogP contribution in [0.25, 0.3) is 0 Å². The molecular formula is C19H20ClNO. The molecule has 0 radical (unpaired) electrons. The summed E-state index contributed by atoms with van der Waals surface area (Å²) in [5.74, 6) is 0.439. The van der Waals surface area contributed by atoms with Crippen LogP contribution >= 0.6 is 11.6 Å². The van der Waals surface area contributed by atoms with Crippen LogP contribution < -0.4 is 5.32 Å². The molecule has 0 aromatic heterocycles. The number of carbonyl (C=O) groups is 1. The Kier molecular flexibility index (Phi) is 3.57. The van der Waals surface area contributed by atoms with Crippen molar-refractivity contribution in [3.8, 4) is 0 Å². The van der Waals surface area contributed by atoms with Gasteiger partial charge in [-0.25, -0.2) is 0 Å². The summed E-state index contributed by atoms with van der Waals surface area (Å²) in [5.41, 5.74) is 6.13. The van der Waals surface area contributed by atoms with Crippen LogP contribution in [0.4, 0.5) is 0 Å². The normalized spacial score (nSPS) is 24.8. The fourth-order valence-electron chi connectivity index (χ4n) is 4.13. The molecule has 1 aromatic rings. The number of nitrogens with one attached hydrogen (secondary N) is 1. The Morgan fingerprint density at radius 1 is 1.00 bits per heavy atom. The molecule has 0 amide bonds. The van der Waals surface area contributed by atoms with Crippen LogP contribution in [0, 0.1) is 0 Å². The molecule has 1 unspecified atom stereocenters. The number of Topliss-reactive ketones (excluding diaryl/α,β-unsaturated/α-hetero) is 1. The van der Waals surface area contributed by atoms with Crippen molar-refractivity contribution in [3.63, 3.8) is 0 Å². The van der Waals surface area contributed by atoms with Gasteiger partial charge in [0.1, 0.15) is 0 Å². The molecule has 1 heterocycles. The Morgan fingerprint density at radius 2 is 1.82 bits per heavy atom. The number of rotatable bonds is 1. The van der Waals surface area contributed by atoms with Crippen LogP contribution in [-0.2, 0) is 4.79 Å². The van der Waals surface area contributed by atoms with Gasteiger partial charge in [0.15, 0.2) is 5.78 Å². The molecule has 22 heavy (non-hydrogen) atoms. The lowest BCUT2D eigenvalue weighted by Gasteiger charge is -2.38. The zero-order valence-corrected chi connectivity index (χ0v) is 13.4. The maximum absolute atomic E-state index is 12.6. The second-order valence-corrected chi connectivity index (χ2v) is 6.93. The number of hydrogen-bond donors (Lipinski definition) is 1. The van der Waals surface area contributed by atoms with Crippen LogP contribution in [-0.4, -0.2) is 5.78 Å². The van der Waals surface area contributed by atoms with Crippen LogP contribution in [0.1, 0.15) is 56.4 Å². The fourth-order valence-corrected chi connectivity index (χ4v) is 4.33. The van der Waals surface area contributed by atoms with Crippen molar-refractivity contribution < 1.29 is 4.79 Å². The molecule has 4 rings (SSSR count). The van der Waals surface area contributed by atoms with Gasteiger partial charge < -0.3 is 5.32 Å². The molecule has 0 saturated carbocycles. The summed E-state index contributed by atoms with van der Waals surface area (Å²) in [4.78, 5) is 12.6. The number of dihydropyridines is 1. The Bertz CT molecular complexity index is 701. The molecule has 1 aliphatic heterocycles. The van der Waals surface area contributed by atoms with Gasteiger partial charge in [-0.05, 0) is 61.8 Å². The second kappa shape index (κ2) is 5.58. The minimum absolute atomic E-state index is 0.123. The SMILES string of the molecule is O=C1CCCC2=C1C(c1cccc(Cl)c1)C1=C(CCCC1)N2. The van der Waals surface area contributed by atoms with Gasteiger partial charge in [0.25, 0.3) is 0 Å². The summed E-state index contributed by atoms with van der Waals surface area (Å²) < 4.78 is 0. The van der Waals surface area contributed by atoms with E-state index in [0.717, 1.165) is 36.3 Å². The van der Waals surface area contributed by atoms with Gasteiger partial charge in [-0.1, -0.05) is 23.7 Å². The van der Waals surface area contributed by atoms with E-state index in [4.69, 9.17) is 11.6 Å². The van der Waals surface area contributed by atoms with Gasteiger partial charge in [0.2, 0.25) is 0 Å². The quantitative estimate of drug-likeness (QED) is 0.802. The molecular weight excluding hydrogens is 294 g/mol. The van der Waals surface area contributed by atoms with E-state index in [1.165, 1.54) is 35.4 Å². The Labute approximate surface area is 136 Å². The van der Waals surface area contributed by atoms with Crippen molar-refractivity contribution >= 4 is 17.4 Å². The van der Waals surface area contributed by atoms with E-state index in [1.54, 1.807) is 0 Å². The molecule has 1 aromatic carbocycles. The Hall–Kier alpha value is -1.54. The topological polar surface area (TPSA) is 29.1 Å². The Balaban J connectivity index is 1.88. The lowest BCUT2D eigenvalue weighted by molar-refractivity contribution is -0.116.